The van der Waals surface area contributed by atoms with Crippen LogP contribution in [0.15, 0.2) is 48.5 Å². The summed E-state index contributed by atoms with van der Waals surface area (Å²) in [7, 11) is 0. The number of carbonyl (C=O) groups excluding carboxylic acids is 1. The zero-order chi connectivity index (χ0) is 17.4. The summed E-state index contributed by atoms with van der Waals surface area (Å²) in [5, 5.41) is 6.84. The van der Waals surface area contributed by atoms with Crippen LogP contribution < -0.4 is 15.4 Å². The van der Waals surface area contributed by atoms with Crippen LogP contribution in [0, 0.1) is 0 Å². The number of carbonyl (C=O) groups is 1. The molecule has 5 heteroatoms. The van der Waals surface area contributed by atoms with E-state index >= 15 is 0 Å². The quantitative estimate of drug-likeness (QED) is 0.751. The first kappa shape index (κ1) is 18.1. The van der Waals surface area contributed by atoms with Crippen molar-refractivity contribution in [1.82, 2.24) is 5.32 Å². The Kier molecular flexibility index (Phi) is 6.94. The number of benzene rings is 2. The summed E-state index contributed by atoms with van der Waals surface area (Å²) < 4.78 is 5.60. The van der Waals surface area contributed by atoms with Crippen LogP contribution in [0.4, 0.5) is 5.69 Å². The van der Waals surface area contributed by atoms with E-state index in [0.29, 0.717) is 17.3 Å². The number of hydrogen-bond acceptors (Lipinski definition) is 3. The van der Waals surface area contributed by atoms with Crippen LogP contribution in [-0.2, 0) is 11.3 Å². The molecule has 0 bridgehead atoms. The van der Waals surface area contributed by atoms with Gasteiger partial charge in [0.2, 0.25) is 0 Å². The number of halogens is 1. The molecule has 0 spiro atoms. The molecule has 0 radical (unpaired) electrons. The number of anilines is 1. The van der Waals surface area contributed by atoms with Crippen molar-refractivity contribution < 1.29 is 9.53 Å². The smallest absolute Gasteiger partial charge is 0.261 e. The minimum absolute atomic E-state index is 0.155. The van der Waals surface area contributed by atoms with E-state index in [4.69, 9.17) is 16.3 Å². The van der Waals surface area contributed by atoms with Crippen LogP contribution in [0.1, 0.15) is 25.8 Å². The lowest BCUT2D eigenvalue weighted by atomic mass is 10.2. The van der Waals surface area contributed by atoms with Crippen molar-refractivity contribution >= 4 is 23.2 Å². The Morgan fingerprint density at radius 2 is 1.79 bits per heavy atom. The Balaban J connectivity index is 1.80. The molecular weight excluding hydrogens is 324 g/mol. The van der Waals surface area contributed by atoms with Gasteiger partial charge in [-0.3, -0.25) is 4.79 Å². The molecule has 2 aromatic carbocycles. The number of amides is 1. The minimum atomic E-state index is -0.573. The van der Waals surface area contributed by atoms with Gasteiger partial charge in [0.1, 0.15) is 5.75 Å². The predicted octanol–water partition coefficient (Wildman–Crippen LogP) is 4.25. The maximum atomic E-state index is 12.1. The van der Waals surface area contributed by atoms with Gasteiger partial charge in [0.15, 0.2) is 6.10 Å². The molecule has 24 heavy (non-hydrogen) atoms. The van der Waals surface area contributed by atoms with E-state index in [1.54, 1.807) is 31.2 Å². The molecule has 1 atom stereocenters. The van der Waals surface area contributed by atoms with Crippen molar-refractivity contribution in [1.29, 1.82) is 0 Å². The third-order valence-electron chi connectivity index (χ3n) is 3.50. The van der Waals surface area contributed by atoms with Crippen LogP contribution in [-0.4, -0.2) is 18.6 Å². The molecule has 0 saturated carbocycles. The molecule has 2 rings (SSSR count). The fourth-order valence-corrected chi connectivity index (χ4v) is 2.24. The third-order valence-corrected chi connectivity index (χ3v) is 3.75. The number of nitrogens with one attached hydrogen (secondary N) is 2. The van der Waals surface area contributed by atoms with Crippen molar-refractivity contribution in [2.24, 2.45) is 0 Å². The second kappa shape index (κ2) is 9.18. The van der Waals surface area contributed by atoms with Gasteiger partial charge in [-0.15, -0.1) is 0 Å². The Morgan fingerprint density at radius 3 is 2.42 bits per heavy atom. The highest BCUT2D eigenvalue weighted by Gasteiger charge is 2.14. The van der Waals surface area contributed by atoms with E-state index in [0.717, 1.165) is 24.2 Å². The summed E-state index contributed by atoms with van der Waals surface area (Å²) in [4.78, 5) is 12.1. The van der Waals surface area contributed by atoms with Crippen LogP contribution in [0.5, 0.6) is 5.75 Å². The molecule has 0 fully saturated rings. The Labute approximate surface area is 148 Å². The summed E-state index contributed by atoms with van der Waals surface area (Å²) in [6.07, 6.45) is 0.514. The zero-order valence-electron chi connectivity index (χ0n) is 14.0. The first-order valence-corrected chi connectivity index (χ1v) is 8.49. The van der Waals surface area contributed by atoms with Gasteiger partial charge in [-0.1, -0.05) is 30.7 Å². The van der Waals surface area contributed by atoms with E-state index in [-0.39, 0.29) is 5.91 Å². The average molecular weight is 347 g/mol. The molecule has 4 nitrogen and oxygen atoms in total. The minimum Gasteiger partial charge on any atom is -0.481 e. The number of rotatable bonds is 8. The summed E-state index contributed by atoms with van der Waals surface area (Å²) in [6, 6.07) is 15.0. The largest absolute Gasteiger partial charge is 0.481 e. The first-order valence-electron chi connectivity index (χ1n) is 8.11. The lowest BCUT2D eigenvalue weighted by Crippen LogP contribution is -2.35. The summed E-state index contributed by atoms with van der Waals surface area (Å²) in [5.41, 5.74) is 2.13. The molecule has 0 unspecified atom stereocenters. The molecule has 0 saturated heterocycles. The summed E-state index contributed by atoms with van der Waals surface area (Å²) in [6.45, 7) is 5.28. The Morgan fingerprint density at radius 1 is 1.12 bits per heavy atom. The summed E-state index contributed by atoms with van der Waals surface area (Å²) in [5.74, 6) is 0.464. The lowest BCUT2D eigenvalue weighted by molar-refractivity contribution is -0.127. The second-order valence-electron chi connectivity index (χ2n) is 5.56. The van der Waals surface area contributed by atoms with Gasteiger partial charge in [-0.25, -0.2) is 0 Å². The SMILES string of the molecule is CCCNc1ccc(CNC(=O)[C@H](C)Oc2ccc(Cl)cc2)cc1. The van der Waals surface area contributed by atoms with Gasteiger partial charge in [-0.2, -0.15) is 0 Å². The predicted molar refractivity (Wildman–Crippen MR) is 98.6 cm³/mol. The van der Waals surface area contributed by atoms with Crippen molar-refractivity contribution in [3.8, 4) is 5.75 Å². The third kappa shape index (κ3) is 5.78. The Hall–Kier alpha value is -2.20. The van der Waals surface area contributed by atoms with Gasteiger partial charge in [0, 0.05) is 23.8 Å². The first-order chi connectivity index (χ1) is 11.6. The molecule has 1 amide bonds. The maximum absolute atomic E-state index is 12.1. The van der Waals surface area contributed by atoms with Crippen LogP contribution in [0.3, 0.4) is 0 Å². The molecule has 0 aromatic heterocycles. The maximum Gasteiger partial charge on any atom is 0.261 e. The normalized spacial score (nSPS) is 11.6. The van der Waals surface area contributed by atoms with E-state index in [2.05, 4.69) is 17.6 Å². The molecule has 2 N–H and O–H groups in total. The molecular formula is C19H23ClN2O2. The van der Waals surface area contributed by atoms with Crippen LogP contribution in [0.25, 0.3) is 0 Å². The Bertz CT molecular complexity index is 641. The van der Waals surface area contributed by atoms with Gasteiger partial charge in [0.25, 0.3) is 5.91 Å². The van der Waals surface area contributed by atoms with Gasteiger partial charge < -0.3 is 15.4 Å². The zero-order valence-corrected chi connectivity index (χ0v) is 14.8. The molecule has 0 aliphatic carbocycles. The highest BCUT2D eigenvalue weighted by molar-refractivity contribution is 6.30. The van der Waals surface area contributed by atoms with Crippen LogP contribution >= 0.6 is 11.6 Å². The van der Waals surface area contributed by atoms with E-state index in [1.165, 1.54) is 0 Å². The van der Waals surface area contributed by atoms with E-state index in [9.17, 15) is 4.79 Å². The monoisotopic (exact) mass is 346 g/mol. The van der Waals surface area contributed by atoms with Crippen molar-refractivity contribution in [2.75, 3.05) is 11.9 Å². The molecule has 0 aliphatic rings. The number of hydrogen-bond donors (Lipinski definition) is 2. The molecule has 0 aliphatic heterocycles. The van der Waals surface area contributed by atoms with Gasteiger partial charge in [-0.05, 0) is 55.3 Å². The number of ether oxygens (including phenoxy) is 1. The fraction of sp³-hybridized carbons (Fsp3) is 0.316. The lowest BCUT2D eigenvalue weighted by Gasteiger charge is -2.15. The average Bonchev–Trinajstić information content (AvgIpc) is 2.60. The summed E-state index contributed by atoms with van der Waals surface area (Å²) >= 11 is 5.83. The molecule has 128 valence electrons. The van der Waals surface area contributed by atoms with Crippen LogP contribution in [0.2, 0.25) is 5.02 Å². The van der Waals surface area contributed by atoms with E-state index in [1.807, 2.05) is 24.3 Å². The van der Waals surface area contributed by atoms with Gasteiger partial charge >= 0.3 is 0 Å². The standard InChI is InChI=1S/C19H23ClN2O2/c1-3-12-21-17-8-4-15(5-9-17)13-22-19(23)14(2)24-18-10-6-16(20)7-11-18/h4-11,14,21H,3,12-13H2,1-2H3,(H,22,23)/t14-/m0/s1. The van der Waals surface area contributed by atoms with Crippen molar-refractivity contribution in [2.45, 2.75) is 32.9 Å². The topological polar surface area (TPSA) is 50.4 Å². The second-order valence-corrected chi connectivity index (χ2v) is 5.99. The highest BCUT2D eigenvalue weighted by atomic mass is 35.5. The van der Waals surface area contributed by atoms with Crippen molar-refractivity contribution in [3.63, 3.8) is 0 Å². The fourth-order valence-electron chi connectivity index (χ4n) is 2.11. The van der Waals surface area contributed by atoms with Crippen molar-refractivity contribution in [3.05, 3.63) is 59.1 Å². The van der Waals surface area contributed by atoms with E-state index < -0.39 is 6.10 Å². The highest BCUT2D eigenvalue weighted by Crippen LogP contribution is 2.17. The molecule has 2 aromatic rings. The van der Waals surface area contributed by atoms with Gasteiger partial charge in [0.05, 0.1) is 0 Å². The molecule has 0 heterocycles.